The van der Waals surface area contributed by atoms with Crippen LogP contribution in [0.5, 0.6) is 0 Å². The lowest BCUT2D eigenvalue weighted by molar-refractivity contribution is -0.137. The summed E-state index contributed by atoms with van der Waals surface area (Å²) in [7, 11) is 0. The number of alkyl halides is 3. The van der Waals surface area contributed by atoms with Gasteiger partial charge in [0.2, 0.25) is 5.91 Å². The number of hydrogen-bond donors (Lipinski definition) is 0. The number of halogens is 4. The summed E-state index contributed by atoms with van der Waals surface area (Å²) in [4.78, 5) is 34.0. The van der Waals surface area contributed by atoms with E-state index in [0.29, 0.717) is 36.3 Å². The van der Waals surface area contributed by atoms with E-state index in [-0.39, 0.29) is 65.7 Å². The molecule has 0 saturated heterocycles. The predicted molar refractivity (Wildman–Crippen MR) is 181 cm³/mol. The first-order valence-corrected chi connectivity index (χ1v) is 16.4. The Bertz CT molecular complexity index is 2080. The van der Waals surface area contributed by atoms with Gasteiger partial charge in [0.15, 0.2) is 5.16 Å². The molecule has 1 aliphatic rings. The zero-order chi connectivity index (χ0) is 40.6. The molecule has 0 bridgehead atoms. The van der Waals surface area contributed by atoms with E-state index >= 15 is 0 Å². The second-order valence-corrected chi connectivity index (χ2v) is 12.3. The molecular formula is C37H40F4N4O2S. The minimum absolute atomic E-state index is 0.0555. The second-order valence-electron chi connectivity index (χ2n) is 11.3. The third-order valence-corrected chi connectivity index (χ3v) is 9.26. The number of likely N-dealkylation sites (N-methyl/N-ethyl adjacent to an activating group) is 1. The fourth-order valence-electron chi connectivity index (χ4n) is 5.52. The molecule has 1 aliphatic carbocycles. The largest absolute Gasteiger partial charge is 0.416 e. The highest BCUT2D eigenvalue weighted by atomic mass is 32.2. The fraction of sp³-hybridized carbons (Fsp3) is 0.378. The van der Waals surface area contributed by atoms with Crippen LogP contribution in [0, 0.1) is 12.7 Å². The maximum atomic E-state index is 14.5. The third kappa shape index (κ3) is 8.54. The summed E-state index contributed by atoms with van der Waals surface area (Å²) in [5.41, 5.74) is 0.929. The van der Waals surface area contributed by atoms with E-state index in [1.54, 1.807) is 16.7 Å². The van der Waals surface area contributed by atoms with Crippen LogP contribution >= 0.6 is 11.8 Å². The van der Waals surface area contributed by atoms with Gasteiger partial charge in [-0.15, -0.1) is 0 Å². The maximum absolute atomic E-state index is 14.5. The molecule has 11 heteroatoms. The van der Waals surface area contributed by atoms with Crippen LogP contribution in [0.2, 0.25) is 0 Å². The van der Waals surface area contributed by atoms with Crippen molar-refractivity contribution in [2.75, 3.05) is 26.1 Å². The SMILES string of the molecule is [2H]c1c([2H])c(-c2ccc(C(F)(F)F)cc2)c([2H])c(C)c1CN(CCN(C([2H])([2H])C)C([2H])([2H])C)C(=O)Cn1c(SCc2ccc(F)cc2)nc(=O)c2c1CCC2. The average molecular weight is 688 g/mol. The number of amides is 1. The Labute approximate surface area is 292 Å². The van der Waals surface area contributed by atoms with Crippen molar-refractivity contribution in [2.45, 2.75) is 70.2 Å². The van der Waals surface area contributed by atoms with Gasteiger partial charge in [-0.1, -0.05) is 68.0 Å². The number of aromatic nitrogens is 2. The minimum Gasteiger partial charge on any atom is -0.336 e. The van der Waals surface area contributed by atoms with Crippen molar-refractivity contribution in [1.82, 2.24) is 19.4 Å². The highest BCUT2D eigenvalue weighted by Gasteiger charge is 2.30. The summed E-state index contributed by atoms with van der Waals surface area (Å²) in [6.07, 6.45) is -2.97. The first-order valence-electron chi connectivity index (χ1n) is 18.9. The molecule has 5 rings (SSSR count). The molecule has 0 atom stereocenters. The molecule has 0 fully saturated rings. The molecule has 1 amide bonds. The van der Waals surface area contributed by atoms with Gasteiger partial charge in [0, 0.05) is 42.1 Å². The van der Waals surface area contributed by atoms with Crippen LogP contribution in [0.3, 0.4) is 0 Å². The van der Waals surface area contributed by atoms with Crippen LogP contribution in [-0.2, 0) is 42.7 Å². The minimum atomic E-state index is -4.60. The fourth-order valence-corrected chi connectivity index (χ4v) is 6.48. The summed E-state index contributed by atoms with van der Waals surface area (Å²) in [5.74, 6) is -0.658. The molecule has 0 N–H and O–H groups in total. The molecule has 0 spiro atoms. The van der Waals surface area contributed by atoms with Gasteiger partial charge in [-0.25, -0.2) is 4.39 Å². The van der Waals surface area contributed by atoms with Crippen molar-refractivity contribution in [3.63, 3.8) is 0 Å². The molecule has 254 valence electrons. The molecule has 0 aliphatic heterocycles. The standard InChI is InChI=1S/C37H40F4N4O2S/c1-4-43(5-2)19-20-44(22-29-12-11-28(21-25(29)3)27-13-15-30(16-14-27)37(39,40)41)34(46)23-45-33-8-6-7-32(33)35(47)42-36(45)48-24-26-9-17-31(38)18-10-26/h9-18,21H,4-8,19-20,22-24H2,1-3H3/i4D2,5D2,11D,12D,21D. The van der Waals surface area contributed by atoms with Gasteiger partial charge in [0.1, 0.15) is 12.4 Å². The van der Waals surface area contributed by atoms with Gasteiger partial charge in [-0.3, -0.25) is 9.59 Å². The quantitative estimate of drug-likeness (QED) is 0.0827. The molecule has 48 heavy (non-hydrogen) atoms. The van der Waals surface area contributed by atoms with Gasteiger partial charge < -0.3 is 14.4 Å². The average Bonchev–Trinajstić information content (AvgIpc) is 3.59. The van der Waals surface area contributed by atoms with Crippen molar-refractivity contribution in [2.24, 2.45) is 0 Å². The lowest BCUT2D eigenvalue weighted by Gasteiger charge is -2.28. The van der Waals surface area contributed by atoms with E-state index in [9.17, 15) is 27.2 Å². The first kappa shape index (κ1) is 26.9. The number of carbonyl (C=O) groups excluding carboxylic acids is 1. The smallest absolute Gasteiger partial charge is 0.336 e. The molecule has 0 saturated carbocycles. The Hall–Kier alpha value is -3.96. The Morgan fingerprint density at radius 1 is 1.02 bits per heavy atom. The number of fused-ring (bicyclic) bond motifs is 1. The zero-order valence-corrected chi connectivity index (χ0v) is 27.6. The molecule has 0 unspecified atom stereocenters. The number of hydrogen-bond acceptors (Lipinski definition) is 5. The summed E-state index contributed by atoms with van der Waals surface area (Å²) >= 11 is 1.19. The van der Waals surface area contributed by atoms with Crippen molar-refractivity contribution in [3.8, 4) is 11.1 Å². The summed E-state index contributed by atoms with van der Waals surface area (Å²) in [6.45, 7) is -1.62. The van der Waals surface area contributed by atoms with Crippen molar-refractivity contribution in [3.05, 3.63) is 116 Å². The van der Waals surface area contributed by atoms with Gasteiger partial charge in [-0.05, 0) is 91.3 Å². The van der Waals surface area contributed by atoms with E-state index in [2.05, 4.69) is 4.98 Å². The molecule has 0 radical (unpaired) electrons. The maximum Gasteiger partial charge on any atom is 0.416 e. The zero-order valence-electron chi connectivity index (χ0n) is 33.8. The van der Waals surface area contributed by atoms with Crippen molar-refractivity contribution < 1.29 is 32.0 Å². The second kappa shape index (κ2) is 15.5. The van der Waals surface area contributed by atoms with Crippen LogP contribution < -0.4 is 5.56 Å². The number of nitrogens with zero attached hydrogens (tertiary/aromatic N) is 4. The Morgan fingerprint density at radius 2 is 1.73 bits per heavy atom. The van der Waals surface area contributed by atoms with Crippen molar-refractivity contribution >= 4 is 17.7 Å². The number of rotatable bonds is 13. The van der Waals surface area contributed by atoms with Crippen LogP contribution in [-0.4, -0.2) is 51.3 Å². The lowest BCUT2D eigenvalue weighted by atomic mass is 9.98. The molecular weight excluding hydrogens is 640 g/mol. The molecule has 4 aromatic rings. The third-order valence-electron chi connectivity index (χ3n) is 8.21. The van der Waals surface area contributed by atoms with Gasteiger partial charge in [0.05, 0.1) is 9.68 Å². The van der Waals surface area contributed by atoms with E-state index in [1.165, 1.54) is 49.6 Å². The van der Waals surface area contributed by atoms with Crippen LogP contribution in [0.1, 0.15) is 63.4 Å². The summed E-state index contributed by atoms with van der Waals surface area (Å²) in [5, 5.41) is 0.250. The topological polar surface area (TPSA) is 58.4 Å². The van der Waals surface area contributed by atoms with Crippen molar-refractivity contribution in [1.29, 1.82) is 0 Å². The van der Waals surface area contributed by atoms with E-state index in [1.807, 2.05) is 0 Å². The first-order chi connectivity index (χ1) is 25.6. The normalized spacial score (nSPS) is 15.5. The molecule has 6 nitrogen and oxygen atoms in total. The highest BCUT2D eigenvalue weighted by Crippen LogP contribution is 2.32. The monoisotopic (exact) mass is 687 g/mol. The number of benzene rings is 3. The van der Waals surface area contributed by atoms with Crippen LogP contribution in [0.25, 0.3) is 11.1 Å². The van der Waals surface area contributed by atoms with E-state index < -0.39 is 48.1 Å². The molecule has 3 aromatic carbocycles. The van der Waals surface area contributed by atoms with Crippen LogP contribution in [0.4, 0.5) is 17.6 Å². The van der Waals surface area contributed by atoms with E-state index in [4.69, 9.17) is 9.60 Å². The Morgan fingerprint density at radius 3 is 2.40 bits per heavy atom. The Kier molecular flexibility index (Phi) is 8.70. The van der Waals surface area contributed by atoms with Gasteiger partial charge >= 0.3 is 6.18 Å². The van der Waals surface area contributed by atoms with Gasteiger partial charge in [-0.2, -0.15) is 18.2 Å². The Balaban J connectivity index is 1.54. The van der Waals surface area contributed by atoms with E-state index in [0.717, 1.165) is 34.7 Å². The molecule has 1 aromatic heterocycles. The summed E-state index contributed by atoms with van der Waals surface area (Å²) in [6, 6.07) is 8.74. The lowest BCUT2D eigenvalue weighted by Crippen LogP contribution is -2.40. The van der Waals surface area contributed by atoms with Crippen LogP contribution in [0.15, 0.2) is 76.6 Å². The van der Waals surface area contributed by atoms with Gasteiger partial charge in [0.25, 0.3) is 5.56 Å². The number of thioether (sulfide) groups is 1. The summed E-state index contributed by atoms with van der Waals surface area (Å²) < 4.78 is 115. The molecule has 1 heterocycles. The predicted octanol–water partition coefficient (Wildman–Crippen LogP) is 7.53. The highest BCUT2D eigenvalue weighted by molar-refractivity contribution is 7.98. The number of carbonyl (C=O) groups is 1.